The standard InChI is InChI=1S/C15H24O3/c1-3-11-17-14-9-5-6-10-15(14)18-12-7-8-13(16)4-2/h5-6,9-10,13,16H,3-4,7-8,11-12H2,1-2H3. The highest BCUT2D eigenvalue weighted by molar-refractivity contribution is 5.39. The van der Waals surface area contributed by atoms with Gasteiger partial charge in [0.05, 0.1) is 19.3 Å². The Hall–Kier alpha value is -1.22. The third kappa shape index (κ3) is 5.41. The van der Waals surface area contributed by atoms with Gasteiger partial charge in [0.1, 0.15) is 0 Å². The van der Waals surface area contributed by atoms with E-state index in [0.29, 0.717) is 13.2 Å². The fraction of sp³-hybridized carbons (Fsp3) is 0.600. The quantitative estimate of drug-likeness (QED) is 0.684. The second kappa shape index (κ2) is 8.81. The van der Waals surface area contributed by atoms with Crippen molar-refractivity contribution in [3.05, 3.63) is 24.3 Å². The molecule has 0 spiro atoms. The van der Waals surface area contributed by atoms with Crippen molar-refractivity contribution >= 4 is 0 Å². The average Bonchev–Trinajstić information content (AvgIpc) is 2.42. The maximum atomic E-state index is 9.45. The molecular formula is C15H24O3. The van der Waals surface area contributed by atoms with E-state index in [1.807, 2.05) is 31.2 Å². The minimum Gasteiger partial charge on any atom is -0.490 e. The summed E-state index contributed by atoms with van der Waals surface area (Å²) in [5.41, 5.74) is 0. The largest absolute Gasteiger partial charge is 0.490 e. The van der Waals surface area contributed by atoms with Crippen LogP contribution in [-0.4, -0.2) is 24.4 Å². The van der Waals surface area contributed by atoms with Crippen LogP contribution in [0.4, 0.5) is 0 Å². The van der Waals surface area contributed by atoms with Crippen molar-refractivity contribution in [2.75, 3.05) is 13.2 Å². The van der Waals surface area contributed by atoms with Crippen molar-refractivity contribution in [1.82, 2.24) is 0 Å². The lowest BCUT2D eigenvalue weighted by Gasteiger charge is -2.12. The predicted octanol–water partition coefficient (Wildman–Crippen LogP) is 3.41. The van der Waals surface area contributed by atoms with Crippen molar-refractivity contribution in [2.45, 2.75) is 45.6 Å². The highest BCUT2D eigenvalue weighted by Crippen LogP contribution is 2.26. The predicted molar refractivity (Wildman–Crippen MR) is 73.3 cm³/mol. The summed E-state index contributed by atoms with van der Waals surface area (Å²) in [6, 6.07) is 7.72. The van der Waals surface area contributed by atoms with Crippen LogP contribution in [0.15, 0.2) is 24.3 Å². The molecule has 0 heterocycles. The monoisotopic (exact) mass is 252 g/mol. The van der Waals surface area contributed by atoms with Crippen LogP contribution in [0.1, 0.15) is 39.5 Å². The lowest BCUT2D eigenvalue weighted by atomic mass is 10.1. The molecule has 1 unspecified atom stereocenters. The second-order valence-electron chi connectivity index (χ2n) is 4.35. The Labute approximate surface area is 110 Å². The molecule has 3 heteroatoms. The summed E-state index contributed by atoms with van der Waals surface area (Å²) in [5.74, 6) is 1.59. The fourth-order valence-corrected chi connectivity index (χ4v) is 1.61. The molecule has 1 N–H and O–H groups in total. The molecule has 0 aromatic heterocycles. The van der Waals surface area contributed by atoms with Crippen LogP contribution in [0, 0.1) is 0 Å². The van der Waals surface area contributed by atoms with E-state index >= 15 is 0 Å². The van der Waals surface area contributed by atoms with Gasteiger partial charge in [-0.1, -0.05) is 26.0 Å². The normalized spacial score (nSPS) is 12.2. The number of hydrogen-bond donors (Lipinski definition) is 1. The number of rotatable bonds is 9. The third-order valence-electron chi connectivity index (χ3n) is 2.72. The molecule has 1 aromatic rings. The summed E-state index contributed by atoms with van der Waals surface area (Å²) in [7, 11) is 0. The van der Waals surface area contributed by atoms with Gasteiger partial charge in [-0.3, -0.25) is 0 Å². The molecule has 0 saturated heterocycles. The first-order chi connectivity index (χ1) is 8.77. The summed E-state index contributed by atoms with van der Waals surface area (Å²) >= 11 is 0. The van der Waals surface area contributed by atoms with Gasteiger partial charge in [-0.05, 0) is 37.8 Å². The summed E-state index contributed by atoms with van der Waals surface area (Å²) in [4.78, 5) is 0. The third-order valence-corrected chi connectivity index (χ3v) is 2.72. The lowest BCUT2D eigenvalue weighted by Crippen LogP contribution is -2.08. The highest BCUT2D eigenvalue weighted by Gasteiger charge is 2.04. The highest BCUT2D eigenvalue weighted by atomic mass is 16.5. The summed E-state index contributed by atoms with van der Waals surface area (Å²) < 4.78 is 11.3. The van der Waals surface area contributed by atoms with Crippen LogP contribution < -0.4 is 9.47 Å². The number of ether oxygens (including phenoxy) is 2. The van der Waals surface area contributed by atoms with Crippen LogP contribution in [0.3, 0.4) is 0 Å². The minimum atomic E-state index is -0.208. The molecule has 1 aromatic carbocycles. The number of para-hydroxylation sites is 2. The minimum absolute atomic E-state index is 0.208. The summed E-state index contributed by atoms with van der Waals surface area (Å²) in [5, 5.41) is 9.45. The molecule has 0 amide bonds. The van der Waals surface area contributed by atoms with E-state index in [4.69, 9.17) is 9.47 Å². The van der Waals surface area contributed by atoms with E-state index in [-0.39, 0.29) is 6.10 Å². The van der Waals surface area contributed by atoms with E-state index < -0.39 is 0 Å². The summed E-state index contributed by atoms with van der Waals surface area (Å²) in [6.07, 6.45) is 3.22. The van der Waals surface area contributed by atoms with E-state index in [1.165, 1.54) is 0 Å². The molecule has 18 heavy (non-hydrogen) atoms. The zero-order valence-corrected chi connectivity index (χ0v) is 11.4. The van der Waals surface area contributed by atoms with Crippen LogP contribution in [0.5, 0.6) is 11.5 Å². The first-order valence-electron chi connectivity index (χ1n) is 6.80. The molecule has 0 fully saturated rings. The van der Waals surface area contributed by atoms with Crippen LogP contribution in [-0.2, 0) is 0 Å². The van der Waals surface area contributed by atoms with Crippen molar-refractivity contribution < 1.29 is 14.6 Å². The maximum absolute atomic E-state index is 9.45. The zero-order valence-electron chi connectivity index (χ0n) is 11.4. The van der Waals surface area contributed by atoms with E-state index in [9.17, 15) is 5.11 Å². The van der Waals surface area contributed by atoms with Gasteiger partial charge in [-0.2, -0.15) is 0 Å². The first-order valence-corrected chi connectivity index (χ1v) is 6.80. The molecule has 0 bridgehead atoms. The smallest absolute Gasteiger partial charge is 0.161 e. The van der Waals surface area contributed by atoms with Gasteiger partial charge in [-0.25, -0.2) is 0 Å². The van der Waals surface area contributed by atoms with E-state index in [0.717, 1.165) is 37.2 Å². The Bertz CT molecular complexity index is 325. The summed E-state index contributed by atoms with van der Waals surface area (Å²) in [6.45, 7) is 5.38. The average molecular weight is 252 g/mol. The second-order valence-corrected chi connectivity index (χ2v) is 4.35. The Morgan fingerprint density at radius 3 is 2.22 bits per heavy atom. The maximum Gasteiger partial charge on any atom is 0.161 e. The van der Waals surface area contributed by atoms with Crippen molar-refractivity contribution in [3.63, 3.8) is 0 Å². The fourth-order valence-electron chi connectivity index (χ4n) is 1.61. The SMILES string of the molecule is CCCOc1ccccc1OCCCC(O)CC. The topological polar surface area (TPSA) is 38.7 Å². The molecule has 0 radical (unpaired) electrons. The number of aliphatic hydroxyl groups is 1. The molecule has 1 rings (SSSR count). The van der Waals surface area contributed by atoms with Gasteiger partial charge in [-0.15, -0.1) is 0 Å². The zero-order chi connectivity index (χ0) is 13.2. The molecule has 0 aliphatic heterocycles. The van der Waals surface area contributed by atoms with Gasteiger partial charge in [0.15, 0.2) is 11.5 Å². The van der Waals surface area contributed by atoms with Crippen molar-refractivity contribution in [2.24, 2.45) is 0 Å². The first kappa shape index (κ1) is 14.8. The lowest BCUT2D eigenvalue weighted by molar-refractivity contribution is 0.148. The molecule has 102 valence electrons. The van der Waals surface area contributed by atoms with Gasteiger partial charge >= 0.3 is 0 Å². The van der Waals surface area contributed by atoms with Gasteiger partial charge in [0.2, 0.25) is 0 Å². The number of hydrogen-bond acceptors (Lipinski definition) is 3. The van der Waals surface area contributed by atoms with Crippen molar-refractivity contribution in [1.29, 1.82) is 0 Å². The molecule has 1 atom stereocenters. The molecule has 0 aliphatic carbocycles. The van der Waals surface area contributed by atoms with E-state index in [2.05, 4.69) is 6.92 Å². The Morgan fingerprint density at radius 1 is 1.06 bits per heavy atom. The van der Waals surface area contributed by atoms with E-state index in [1.54, 1.807) is 0 Å². The Balaban J connectivity index is 2.36. The molecule has 0 aliphatic rings. The van der Waals surface area contributed by atoms with Gasteiger partial charge in [0, 0.05) is 0 Å². The number of benzene rings is 1. The Morgan fingerprint density at radius 2 is 1.67 bits per heavy atom. The molecular weight excluding hydrogens is 228 g/mol. The van der Waals surface area contributed by atoms with Crippen LogP contribution in [0.25, 0.3) is 0 Å². The van der Waals surface area contributed by atoms with Gasteiger partial charge < -0.3 is 14.6 Å². The molecule has 0 saturated carbocycles. The molecule has 3 nitrogen and oxygen atoms in total. The van der Waals surface area contributed by atoms with Gasteiger partial charge in [0.25, 0.3) is 0 Å². The van der Waals surface area contributed by atoms with Crippen LogP contribution in [0.2, 0.25) is 0 Å². The Kier molecular flexibility index (Phi) is 7.26. The van der Waals surface area contributed by atoms with Crippen molar-refractivity contribution in [3.8, 4) is 11.5 Å². The number of aliphatic hydroxyl groups excluding tert-OH is 1. The van der Waals surface area contributed by atoms with Crippen LogP contribution >= 0.6 is 0 Å².